The molecule has 2 atom stereocenters. The number of aliphatic hydroxyl groups is 2. The monoisotopic (exact) mass is 1170 g/mol. The van der Waals surface area contributed by atoms with Gasteiger partial charge in [0.25, 0.3) is 23.4 Å². The van der Waals surface area contributed by atoms with Gasteiger partial charge in [0.2, 0.25) is 0 Å². The van der Waals surface area contributed by atoms with Crippen LogP contribution in [0.25, 0.3) is 16.7 Å². The molecule has 0 saturated carbocycles. The Morgan fingerprint density at radius 2 is 1.07 bits per heavy atom. The molecule has 0 saturated heterocycles. The second-order valence-electron chi connectivity index (χ2n) is 21.7. The summed E-state index contributed by atoms with van der Waals surface area (Å²) in [5, 5.41) is 72.6. The molecule has 3 amide bonds. The lowest BCUT2D eigenvalue weighted by Gasteiger charge is -2.29. The second kappa shape index (κ2) is 31.9. The van der Waals surface area contributed by atoms with E-state index in [2.05, 4.69) is 5.32 Å². The molecular weight excluding hydrogens is 1090 g/mol. The number of carboxylic acid groups (broad SMARTS) is 3. The fourth-order valence-corrected chi connectivity index (χ4v) is 8.59. The van der Waals surface area contributed by atoms with Crippen LogP contribution in [0.1, 0.15) is 126 Å². The van der Waals surface area contributed by atoms with Crippen molar-refractivity contribution in [2.24, 2.45) is 17.8 Å². The molecule has 2 unspecified atom stereocenters. The molecule has 0 spiro atoms. The number of esters is 1. The normalized spacial score (nSPS) is 16.7. The summed E-state index contributed by atoms with van der Waals surface area (Å²) in [6.45, 7) is 25.1. The molecule has 0 fully saturated rings. The van der Waals surface area contributed by atoms with Crippen molar-refractivity contribution in [3.05, 3.63) is 141 Å². The Hall–Kier alpha value is -8.37. The number of nitrogens with one attached hydrogen (secondary N) is 1. The van der Waals surface area contributed by atoms with E-state index in [1.54, 1.807) is 93.6 Å². The van der Waals surface area contributed by atoms with E-state index in [0.717, 1.165) is 16.7 Å². The Labute approximate surface area is 490 Å². The summed E-state index contributed by atoms with van der Waals surface area (Å²) in [6.07, 6.45) is 6.21. The third-order valence-electron chi connectivity index (χ3n) is 12.3. The maximum absolute atomic E-state index is 12.6. The summed E-state index contributed by atoms with van der Waals surface area (Å²) in [5.74, 6) is -5.94. The Balaban J connectivity index is 0.000000330. The highest BCUT2D eigenvalue weighted by atomic mass is 16.6. The number of carboxylic acids is 3. The standard InChI is InChI=1S/C22H29NO6.C21H27NO6.C20H25NO6/c1-6-28-21(25)22(26)19(18(13-15(4)5)20(24)23(22)27)16-7-9-17(10-8-16)29-12-11-14(2)3;1-13(2)9-10-28-16-7-5-15(6-8-16)19(20(25)22-12-18(23)24)17(21(26)27)11-14(3)4;1-12(2)9-10-27-15-7-5-14(6-8-15)16-17(18(22)23)21(26)19(24)20(16,25)11-13(3)4/h7-11,15,26-27H,6,12-13H2,1-5H3;5-9,14H,10-12H2,1-4H3,(H,22,25)(H,23,24)(H,26,27);5-9,13,25-26H,10-11H2,1-4H3,(H,22,23)/b;19-17-;. The topological polar surface area (TPSA) is 317 Å². The van der Waals surface area contributed by atoms with Gasteiger partial charge >= 0.3 is 23.9 Å². The SMILES string of the molecule is CC(C)=CCOc1ccc(/C(C(=O)NCC(=O)O)=C(\CC(C)C)C(=O)O)cc1.CC(C)=CCOc1ccc(C2=C(C(=O)O)N(O)C(=O)C2(O)CC(C)C)cc1.CCOC(=O)C1(O)C(c2ccc(OCC=C(C)C)cc2)=C(CC(C)C)C(=O)N1O. The van der Waals surface area contributed by atoms with Crippen LogP contribution < -0.4 is 19.5 Å². The van der Waals surface area contributed by atoms with Gasteiger partial charge in [0.15, 0.2) is 11.3 Å². The first-order valence-electron chi connectivity index (χ1n) is 27.3. The predicted octanol–water partition coefficient (Wildman–Crippen LogP) is 9.27. The fraction of sp³-hybridized carbons (Fsp3) is 0.413. The third-order valence-corrected chi connectivity index (χ3v) is 12.3. The maximum atomic E-state index is 12.6. The van der Waals surface area contributed by atoms with Gasteiger partial charge < -0.3 is 49.8 Å². The number of allylic oxidation sites excluding steroid dienone is 3. The summed E-state index contributed by atoms with van der Waals surface area (Å²) in [7, 11) is 0. The van der Waals surface area contributed by atoms with Crippen molar-refractivity contribution in [1.29, 1.82) is 0 Å². The van der Waals surface area contributed by atoms with Gasteiger partial charge in [0.05, 0.1) is 17.8 Å². The van der Waals surface area contributed by atoms with Gasteiger partial charge in [0.1, 0.15) is 43.6 Å². The molecule has 5 rings (SSSR count). The molecular formula is C63H81N3O18. The van der Waals surface area contributed by atoms with E-state index in [9.17, 15) is 64.4 Å². The van der Waals surface area contributed by atoms with E-state index in [-0.39, 0.29) is 81.6 Å². The number of carbonyl (C=O) groups excluding carboxylic acids is 4. The molecule has 2 aliphatic heterocycles. The van der Waals surface area contributed by atoms with Crippen LogP contribution in [-0.4, -0.2) is 132 Å². The molecule has 0 bridgehead atoms. The van der Waals surface area contributed by atoms with Gasteiger partial charge in [-0.25, -0.2) is 14.4 Å². The number of benzene rings is 3. The van der Waals surface area contributed by atoms with E-state index in [1.807, 2.05) is 87.5 Å². The van der Waals surface area contributed by atoms with E-state index >= 15 is 0 Å². The average molecular weight is 1170 g/mol. The van der Waals surface area contributed by atoms with Gasteiger partial charge in [-0.3, -0.25) is 29.6 Å². The number of hydroxylamine groups is 4. The minimum absolute atomic E-state index is 0.0000472. The van der Waals surface area contributed by atoms with E-state index < -0.39 is 65.2 Å². The highest BCUT2D eigenvalue weighted by Gasteiger charge is 2.58. The van der Waals surface area contributed by atoms with Crippen LogP contribution in [0.15, 0.2) is 125 Å². The van der Waals surface area contributed by atoms with E-state index in [4.69, 9.17) is 24.1 Å². The van der Waals surface area contributed by atoms with E-state index in [0.29, 0.717) is 53.8 Å². The summed E-state index contributed by atoms with van der Waals surface area (Å²) in [6, 6.07) is 19.5. The minimum atomic E-state index is -2.60. The molecule has 0 aromatic heterocycles. The van der Waals surface area contributed by atoms with Crippen LogP contribution in [0.5, 0.6) is 17.2 Å². The first kappa shape index (κ1) is 69.9. The molecule has 456 valence electrons. The van der Waals surface area contributed by atoms with Crippen molar-refractivity contribution in [3.8, 4) is 17.2 Å². The lowest BCUT2D eigenvalue weighted by Crippen LogP contribution is -2.53. The van der Waals surface area contributed by atoms with Gasteiger partial charge in [-0.15, -0.1) is 0 Å². The van der Waals surface area contributed by atoms with Crippen LogP contribution in [0.4, 0.5) is 0 Å². The van der Waals surface area contributed by atoms with Gasteiger partial charge in [-0.1, -0.05) is 94.7 Å². The predicted molar refractivity (Wildman–Crippen MR) is 313 cm³/mol. The zero-order valence-electron chi connectivity index (χ0n) is 50.1. The number of aliphatic carboxylic acids is 3. The van der Waals surface area contributed by atoms with Crippen molar-refractivity contribution < 1.29 is 88.5 Å². The highest BCUT2D eigenvalue weighted by Crippen LogP contribution is 2.45. The van der Waals surface area contributed by atoms with Gasteiger partial charge in [-0.2, -0.15) is 10.1 Å². The van der Waals surface area contributed by atoms with Crippen LogP contribution >= 0.6 is 0 Å². The number of rotatable bonds is 25. The molecule has 3 aromatic carbocycles. The van der Waals surface area contributed by atoms with Gasteiger partial charge in [-0.05, 0) is 157 Å². The van der Waals surface area contributed by atoms with E-state index in [1.165, 1.54) is 0 Å². The quantitative estimate of drug-likeness (QED) is 0.0169. The number of ether oxygens (including phenoxy) is 4. The Morgan fingerprint density at radius 3 is 1.44 bits per heavy atom. The number of hydrogen-bond donors (Lipinski definition) is 8. The summed E-state index contributed by atoms with van der Waals surface area (Å²) >= 11 is 0. The molecule has 8 N–H and O–H groups in total. The Kier molecular flexibility index (Phi) is 26.5. The fourth-order valence-electron chi connectivity index (χ4n) is 8.59. The molecule has 2 aliphatic rings. The summed E-state index contributed by atoms with van der Waals surface area (Å²) in [4.78, 5) is 84.3. The summed E-state index contributed by atoms with van der Waals surface area (Å²) in [5.41, 5.74) is -0.834. The molecule has 0 aliphatic carbocycles. The second-order valence-corrected chi connectivity index (χ2v) is 21.7. The first-order chi connectivity index (χ1) is 39.3. The lowest BCUT2D eigenvalue weighted by molar-refractivity contribution is -0.230. The van der Waals surface area contributed by atoms with Crippen LogP contribution in [0.3, 0.4) is 0 Å². The van der Waals surface area contributed by atoms with Crippen molar-refractivity contribution in [2.75, 3.05) is 33.0 Å². The lowest BCUT2D eigenvalue weighted by atomic mass is 9.82. The molecule has 21 heteroatoms. The van der Waals surface area contributed by atoms with Crippen LogP contribution in [-0.2, 0) is 38.3 Å². The highest BCUT2D eigenvalue weighted by molar-refractivity contribution is 6.25. The zero-order valence-corrected chi connectivity index (χ0v) is 50.1. The maximum Gasteiger partial charge on any atom is 0.367 e. The minimum Gasteiger partial charge on any atom is -0.490 e. The molecule has 3 aromatic rings. The third kappa shape index (κ3) is 19.1. The zero-order chi connectivity index (χ0) is 63.4. The number of carbonyl (C=O) groups is 7. The Bertz CT molecular complexity index is 3030. The van der Waals surface area contributed by atoms with Crippen molar-refractivity contribution >= 4 is 58.3 Å². The molecule has 0 radical (unpaired) electrons. The van der Waals surface area contributed by atoms with Crippen LogP contribution in [0.2, 0.25) is 0 Å². The van der Waals surface area contributed by atoms with Crippen molar-refractivity contribution in [1.82, 2.24) is 15.4 Å². The average Bonchev–Trinajstić information content (AvgIpc) is 1.68. The van der Waals surface area contributed by atoms with Gasteiger partial charge in [0, 0.05) is 16.7 Å². The smallest absolute Gasteiger partial charge is 0.367 e. The largest absolute Gasteiger partial charge is 0.490 e. The van der Waals surface area contributed by atoms with Crippen molar-refractivity contribution in [2.45, 2.75) is 121 Å². The first-order valence-corrected chi connectivity index (χ1v) is 27.3. The summed E-state index contributed by atoms with van der Waals surface area (Å²) < 4.78 is 21.7. The molecule has 84 heavy (non-hydrogen) atoms. The molecule has 21 nitrogen and oxygen atoms in total. The van der Waals surface area contributed by atoms with Crippen LogP contribution in [0, 0.1) is 17.8 Å². The number of amides is 3. The number of nitrogens with zero attached hydrogens (tertiary/aromatic N) is 2. The Morgan fingerprint density at radius 1 is 0.631 bits per heavy atom. The molecule has 2 heterocycles. The number of hydrogen-bond acceptors (Lipinski definition) is 15. The van der Waals surface area contributed by atoms with Crippen molar-refractivity contribution in [3.63, 3.8) is 0 Å².